The standard InChI is InChI=1S/C26H26N6O2/c1-31-8-5-26(6-9-31)15-32(16-26)25-11-18(4-7-28-25)22(33)12-24-29-13-20-3-2-19(10-21(20)30-24)23-14-27-17-34-23/h2-4,7,10-11,13-14,17H,5-6,8-9,12,15-16H2,1H3. The number of nitrogens with zero attached hydrogens (tertiary/aromatic N) is 6. The van der Waals surface area contributed by atoms with E-state index in [1.165, 1.54) is 19.2 Å². The molecule has 172 valence electrons. The van der Waals surface area contributed by atoms with Crippen LogP contribution in [0, 0.1) is 5.41 Å². The van der Waals surface area contributed by atoms with Crippen LogP contribution >= 0.6 is 0 Å². The van der Waals surface area contributed by atoms with Gasteiger partial charge in [-0.2, -0.15) is 0 Å². The Kier molecular flexibility index (Phi) is 5.10. The molecule has 1 aromatic carbocycles. The number of oxazole rings is 1. The smallest absolute Gasteiger partial charge is 0.181 e. The summed E-state index contributed by atoms with van der Waals surface area (Å²) in [4.78, 5) is 35.3. The van der Waals surface area contributed by atoms with Gasteiger partial charge in [0.15, 0.2) is 17.9 Å². The molecule has 8 nitrogen and oxygen atoms in total. The van der Waals surface area contributed by atoms with Crippen LogP contribution in [0.25, 0.3) is 22.2 Å². The van der Waals surface area contributed by atoms with Crippen LogP contribution in [0.3, 0.4) is 0 Å². The van der Waals surface area contributed by atoms with Crippen molar-refractivity contribution < 1.29 is 9.21 Å². The lowest BCUT2D eigenvalue weighted by Crippen LogP contribution is -2.60. The zero-order valence-corrected chi connectivity index (χ0v) is 19.1. The Morgan fingerprint density at radius 2 is 1.94 bits per heavy atom. The molecule has 0 N–H and O–H groups in total. The van der Waals surface area contributed by atoms with Crippen molar-refractivity contribution in [3.8, 4) is 11.3 Å². The van der Waals surface area contributed by atoms with Crippen LogP contribution < -0.4 is 4.90 Å². The summed E-state index contributed by atoms with van der Waals surface area (Å²) in [7, 11) is 2.19. The summed E-state index contributed by atoms with van der Waals surface area (Å²) >= 11 is 0. The van der Waals surface area contributed by atoms with Gasteiger partial charge in [-0.1, -0.05) is 12.1 Å². The molecule has 0 atom stereocenters. The molecule has 2 fully saturated rings. The summed E-state index contributed by atoms with van der Waals surface area (Å²) in [6, 6.07) is 9.51. The number of pyridine rings is 1. The third kappa shape index (κ3) is 3.94. The van der Waals surface area contributed by atoms with E-state index in [2.05, 4.69) is 36.8 Å². The lowest BCUT2D eigenvalue weighted by Gasteiger charge is -2.54. The van der Waals surface area contributed by atoms with Crippen LogP contribution in [-0.2, 0) is 6.42 Å². The third-order valence-corrected chi connectivity index (χ3v) is 7.16. The second kappa shape index (κ2) is 8.29. The summed E-state index contributed by atoms with van der Waals surface area (Å²) in [5.41, 5.74) is 2.72. The second-order valence-corrected chi connectivity index (χ2v) is 9.59. The molecule has 2 saturated heterocycles. The molecule has 0 radical (unpaired) electrons. The van der Waals surface area contributed by atoms with Crippen LogP contribution in [-0.4, -0.2) is 63.8 Å². The molecule has 0 amide bonds. The Hall–Kier alpha value is -3.65. The Morgan fingerprint density at radius 1 is 1.09 bits per heavy atom. The molecule has 5 heterocycles. The lowest BCUT2D eigenvalue weighted by molar-refractivity contribution is 0.0900. The topological polar surface area (TPSA) is 88.2 Å². The fourth-order valence-electron chi connectivity index (χ4n) is 5.00. The van der Waals surface area contributed by atoms with Gasteiger partial charge in [0, 0.05) is 47.4 Å². The number of piperidine rings is 1. The predicted octanol–water partition coefficient (Wildman–Crippen LogP) is 3.64. The molecule has 0 aliphatic carbocycles. The van der Waals surface area contributed by atoms with E-state index in [-0.39, 0.29) is 12.2 Å². The van der Waals surface area contributed by atoms with Gasteiger partial charge in [-0.05, 0) is 51.2 Å². The van der Waals surface area contributed by atoms with Crippen LogP contribution in [0.15, 0.2) is 59.7 Å². The van der Waals surface area contributed by atoms with Crippen LogP contribution in [0.1, 0.15) is 29.0 Å². The largest absolute Gasteiger partial charge is 0.444 e. The average molecular weight is 455 g/mol. The summed E-state index contributed by atoms with van der Waals surface area (Å²) in [6.45, 7) is 4.36. The van der Waals surface area contributed by atoms with E-state index in [1.807, 2.05) is 24.3 Å². The number of hydrogen-bond acceptors (Lipinski definition) is 8. The highest BCUT2D eigenvalue weighted by Crippen LogP contribution is 2.41. The molecule has 2 aliphatic rings. The number of ketones is 1. The van der Waals surface area contributed by atoms with E-state index >= 15 is 0 Å². The number of anilines is 1. The first kappa shape index (κ1) is 20.9. The number of Topliss-reactive ketones (excluding diaryl/α,β-unsaturated/α-hetero) is 1. The molecule has 6 rings (SSSR count). The van der Waals surface area contributed by atoms with E-state index in [1.54, 1.807) is 24.7 Å². The van der Waals surface area contributed by atoms with Crippen molar-refractivity contribution in [1.29, 1.82) is 0 Å². The molecule has 8 heteroatoms. The zero-order chi connectivity index (χ0) is 23.1. The summed E-state index contributed by atoms with van der Waals surface area (Å²) < 4.78 is 5.39. The maximum Gasteiger partial charge on any atom is 0.181 e. The minimum absolute atomic E-state index is 0.0103. The van der Waals surface area contributed by atoms with Gasteiger partial charge in [0.25, 0.3) is 0 Å². The van der Waals surface area contributed by atoms with E-state index in [0.29, 0.717) is 22.6 Å². The molecule has 2 aliphatic heterocycles. The van der Waals surface area contributed by atoms with Crippen molar-refractivity contribution >= 4 is 22.5 Å². The van der Waals surface area contributed by atoms with E-state index in [0.717, 1.165) is 48.5 Å². The molecule has 0 saturated carbocycles. The SMILES string of the molecule is CN1CCC2(CC1)CN(c1cc(C(=O)Cc3ncc4ccc(-c5cnco5)cc4n3)ccn1)C2. The third-order valence-electron chi connectivity index (χ3n) is 7.16. The molecule has 34 heavy (non-hydrogen) atoms. The van der Waals surface area contributed by atoms with Crippen molar-refractivity contribution in [2.45, 2.75) is 19.3 Å². The van der Waals surface area contributed by atoms with Gasteiger partial charge in [-0.3, -0.25) is 4.79 Å². The molecular formula is C26H26N6O2. The Balaban J connectivity index is 1.16. The van der Waals surface area contributed by atoms with Gasteiger partial charge in [0.1, 0.15) is 11.6 Å². The number of fused-ring (bicyclic) bond motifs is 1. The Labute approximate surface area is 197 Å². The lowest BCUT2D eigenvalue weighted by atomic mass is 9.72. The van der Waals surface area contributed by atoms with Gasteiger partial charge < -0.3 is 14.2 Å². The average Bonchev–Trinajstić information content (AvgIpc) is 3.38. The Bertz CT molecular complexity index is 1340. The van der Waals surface area contributed by atoms with Crippen LogP contribution in [0.5, 0.6) is 0 Å². The quantitative estimate of drug-likeness (QED) is 0.423. The minimum Gasteiger partial charge on any atom is -0.444 e. The maximum atomic E-state index is 13.1. The van der Waals surface area contributed by atoms with Gasteiger partial charge in [0.2, 0.25) is 0 Å². The van der Waals surface area contributed by atoms with Crippen molar-refractivity contribution in [2.24, 2.45) is 5.41 Å². The highest BCUT2D eigenvalue weighted by atomic mass is 16.3. The minimum atomic E-state index is -0.0103. The van der Waals surface area contributed by atoms with Crippen LogP contribution in [0.2, 0.25) is 0 Å². The van der Waals surface area contributed by atoms with Crippen molar-refractivity contribution in [2.75, 3.05) is 38.1 Å². The van der Waals surface area contributed by atoms with Crippen LogP contribution in [0.4, 0.5) is 5.82 Å². The van der Waals surface area contributed by atoms with Gasteiger partial charge in [-0.25, -0.2) is 19.9 Å². The highest BCUT2D eigenvalue weighted by molar-refractivity contribution is 5.98. The van der Waals surface area contributed by atoms with Crippen molar-refractivity contribution in [3.63, 3.8) is 0 Å². The number of carbonyl (C=O) groups excluding carboxylic acids is 1. The summed E-state index contributed by atoms with van der Waals surface area (Å²) in [6.07, 6.45) is 9.16. The number of benzene rings is 1. The molecule has 4 aromatic rings. The molecular weight excluding hydrogens is 428 g/mol. The molecule has 3 aromatic heterocycles. The number of aromatic nitrogens is 4. The Morgan fingerprint density at radius 3 is 2.74 bits per heavy atom. The first-order chi connectivity index (χ1) is 16.6. The fourth-order valence-corrected chi connectivity index (χ4v) is 5.00. The highest BCUT2D eigenvalue weighted by Gasteiger charge is 2.44. The monoisotopic (exact) mass is 454 g/mol. The van der Waals surface area contributed by atoms with E-state index < -0.39 is 0 Å². The first-order valence-corrected chi connectivity index (χ1v) is 11.6. The first-order valence-electron chi connectivity index (χ1n) is 11.6. The number of carbonyl (C=O) groups is 1. The molecule has 0 unspecified atom stereocenters. The fraction of sp³-hybridized carbons (Fsp3) is 0.346. The number of rotatable bonds is 5. The van der Waals surface area contributed by atoms with Gasteiger partial charge >= 0.3 is 0 Å². The van der Waals surface area contributed by atoms with E-state index in [4.69, 9.17) is 4.42 Å². The predicted molar refractivity (Wildman–Crippen MR) is 129 cm³/mol. The normalized spacial score (nSPS) is 17.7. The summed E-state index contributed by atoms with van der Waals surface area (Å²) in [5.74, 6) is 2.05. The van der Waals surface area contributed by atoms with Crippen molar-refractivity contribution in [1.82, 2.24) is 24.8 Å². The number of likely N-dealkylation sites (tertiary alicyclic amines) is 1. The van der Waals surface area contributed by atoms with E-state index in [9.17, 15) is 4.79 Å². The van der Waals surface area contributed by atoms with Gasteiger partial charge in [0.05, 0.1) is 18.1 Å². The van der Waals surface area contributed by atoms with Crippen molar-refractivity contribution in [3.05, 3.63) is 66.7 Å². The number of hydrogen-bond donors (Lipinski definition) is 0. The molecule has 0 bridgehead atoms. The maximum absolute atomic E-state index is 13.1. The summed E-state index contributed by atoms with van der Waals surface area (Å²) in [5, 5.41) is 0.909. The zero-order valence-electron chi connectivity index (χ0n) is 19.1. The second-order valence-electron chi connectivity index (χ2n) is 9.59. The van der Waals surface area contributed by atoms with Gasteiger partial charge in [-0.15, -0.1) is 0 Å². The molecule has 1 spiro atoms.